The number of hydrogen-bond donors (Lipinski definition) is 2. The number of rotatable bonds is 5. The number of nitrogens with zero attached hydrogens (tertiary/aromatic N) is 4. The number of ether oxygens (including phenoxy) is 1. The number of urea groups is 1. The maximum atomic E-state index is 12.3. The number of anilines is 2. The molecular formula is C25H25ClN6O2. The highest BCUT2D eigenvalue weighted by molar-refractivity contribution is 6.31. The summed E-state index contributed by atoms with van der Waals surface area (Å²) in [7, 11) is 0. The standard InChI is InChI=1S/C25H25ClN6O2/c1-14-6-7-20(12-22(14)26)30-25(33)29-19-8-10-21(11-9-19)34-24-13-23(27-18(5)28-24)32-17(4)15(2)16(3)31-32/h6-13H,1-5H3,(H2,29,30,33). The molecule has 0 radical (unpaired) electrons. The Hall–Kier alpha value is -3.91. The summed E-state index contributed by atoms with van der Waals surface area (Å²) in [6, 6.07) is 13.7. The van der Waals surface area contributed by atoms with Crippen LogP contribution in [0.1, 0.15) is 28.3 Å². The summed E-state index contributed by atoms with van der Waals surface area (Å²) in [5.41, 5.74) is 5.26. The number of amides is 2. The predicted octanol–water partition coefficient (Wildman–Crippen LogP) is 6.29. The first-order valence-electron chi connectivity index (χ1n) is 10.7. The van der Waals surface area contributed by atoms with E-state index in [-0.39, 0.29) is 6.03 Å². The van der Waals surface area contributed by atoms with Gasteiger partial charge in [-0.3, -0.25) is 0 Å². The van der Waals surface area contributed by atoms with E-state index in [2.05, 4.69) is 25.7 Å². The first-order chi connectivity index (χ1) is 16.2. The van der Waals surface area contributed by atoms with Crippen molar-refractivity contribution in [2.24, 2.45) is 0 Å². The van der Waals surface area contributed by atoms with Gasteiger partial charge in [-0.1, -0.05) is 17.7 Å². The van der Waals surface area contributed by atoms with Crippen molar-refractivity contribution in [3.63, 3.8) is 0 Å². The van der Waals surface area contributed by atoms with Crippen LogP contribution in [-0.2, 0) is 0 Å². The average molecular weight is 477 g/mol. The van der Waals surface area contributed by atoms with Crippen molar-refractivity contribution in [3.05, 3.63) is 81.9 Å². The Kier molecular flexibility index (Phi) is 6.51. The van der Waals surface area contributed by atoms with Crippen LogP contribution < -0.4 is 15.4 Å². The number of benzene rings is 2. The summed E-state index contributed by atoms with van der Waals surface area (Å²) in [6.07, 6.45) is 0. The highest BCUT2D eigenvalue weighted by Crippen LogP contribution is 2.25. The third-order valence-corrected chi connectivity index (χ3v) is 5.84. The van der Waals surface area contributed by atoms with Gasteiger partial charge in [0.2, 0.25) is 5.88 Å². The minimum atomic E-state index is -0.371. The Morgan fingerprint density at radius 1 is 0.912 bits per heavy atom. The lowest BCUT2D eigenvalue weighted by molar-refractivity contribution is 0.262. The van der Waals surface area contributed by atoms with E-state index in [4.69, 9.17) is 16.3 Å². The second-order valence-corrected chi connectivity index (χ2v) is 8.40. The molecule has 0 spiro atoms. The topological polar surface area (TPSA) is 94.0 Å². The predicted molar refractivity (Wildman–Crippen MR) is 133 cm³/mol. The Bertz CT molecular complexity index is 1360. The summed E-state index contributed by atoms with van der Waals surface area (Å²) in [5.74, 6) is 2.19. The van der Waals surface area contributed by atoms with Crippen LogP contribution in [0.15, 0.2) is 48.5 Å². The molecule has 0 fully saturated rings. The molecule has 0 bridgehead atoms. The van der Waals surface area contributed by atoms with Gasteiger partial charge in [0.25, 0.3) is 0 Å². The fourth-order valence-electron chi connectivity index (χ4n) is 3.32. The van der Waals surface area contributed by atoms with E-state index in [9.17, 15) is 4.79 Å². The summed E-state index contributed by atoms with van der Waals surface area (Å²) in [5, 5.41) is 10.7. The van der Waals surface area contributed by atoms with Crippen LogP contribution in [0, 0.1) is 34.6 Å². The molecule has 0 saturated heterocycles. The highest BCUT2D eigenvalue weighted by atomic mass is 35.5. The number of carbonyl (C=O) groups excluding carboxylic acids is 1. The smallest absolute Gasteiger partial charge is 0.323 e. The molecule has 34 heavy (non-hydrogen) atoms. The van der Waals surface area contributed by atoms with Gasteiger partial charge in [0.1, 0.15) is 11.6 Å². The molecule has 2 aromatic heterocycles. The molecular weight excluding hydrogens is 452 g/mol. The van der Waals surface area contributed by atoms with Gasteiger partial charge in [0, 0.05) is 28.2 Å². The number of nitrogens with one attached hydrogen (secondary N) is 2. The van der Waals surface area contributed by atoms with Crippen molar-refractivity contribution in [3.8, 4) is 17.4 Å². The molecule has 0 aliphatic carbocycles. The van der Waals surface area contributed by atoms with Crippen LogP contribution in [0.5, 0.6) is 11.6 Å². The average Bonchev–Trinajstić information content (AvgIpc) is 3.04. The lowest BCUT2D eigenvalue weighted by Gasteiger charge is -2.11. The Morgan fingerprint density at radius 2 is 1.59 bits per heavy atom. The van der Waals surface area contributed by atoms with Crippen molar-refractivity contribution in [1.29, 1.82) is 0 Å². The van der Waals surface area contributed by atoms with Crippen molar-refractivity contribution >= 4 is 29.0 Å². The lowest BCUT2D eigenvalue weighted by atomic mass is 10.2. The molecule has 2 amide bonds. The van der Waals surface area contributed by atoms with Crippen LogP contribution in [0.3, 0.4) is 0 Å². The molecule has 0 atom stereocenters. The summed E-state index contributed by atoms with van der Waals surface area (Å²) in [6.45, 7) is 9.71. The fourth-order valence-corrected chi connectivity index (χ4v) is 3.50. The molecule has 0 aliphatic rings. The van der Waals surface area contributed by atoms with Crippen molar-refractivity contribution < 1.29 is 9.53 Å². The maximum Gasteiger partial charge on any atom is 0.323 e. The quantitative estimate of drug-likeness (QED) is 0.352. The Labute approximate surface area is 203 Å². The van der Waals surface area contributed by atoms with E-state index in [0.717, 1.165) is 22.5 Å². The van der Waals surface area contributed by atoms with E-state index in [1.807, 2.05) is 40.7 Å². The number of carbonyl (C=O) groups is 1. The third kappa shape index (κ3) is 5.18. The van der Waals surface area contributed by atoms with Crippen LogP contribution in [0.25, 0.3) is 5.82 Å². The normalized spacial score (nSPS) is 10.8. The molecule has 2 N–H and O–H groups in total. The van der Waals surface area contributed by atoms with Crippen molar-refractivity contribution in [2.45, 2.75) is 34.6 Å². The highest BCUT2D eigenvalue weighted by Gasteiger charge is 2.13. The number of halogens is 1. The van der Waals surface area contributed by atoms with Gasteiger partial charge in [-0.2, -0.15) is 10.1 Å². The van der Waals surface area contributed by atoms with E-state index >= 15 is 0 Å². The Balaban J connectivity index is 1.44. The SMILES string of the molecule is Cc1nc(Oc2ccc(NC(=O)Nc3ccc(C)c(Cl)c3)cc2)cc(-n2nc(C)c(C)c2C)n1. The van der Waals surface area contributed by atoms with Gasteiger partial charge in [-0.15, -0.1) is 0 Å². The number of aryl methyl sites for hydroxylation is 3. The molecule has 2 aromatic carbocycles. The zero-order valence-electron chi connectivity index (χ0n) is 19.6. The first kappa shape index (κ1) is 23.3. The van der Waals surface area contributed by atoms with Gasteiger partial charge < -0.3 is 15.4 Å². The van der Waals surface area contributed by atoms with Gasteiger partial charge in [0.05, 0.1) is 5.69 Å². The molecule has 174 valence electrons. The zero-order chi connectivity index (χ0) is 24.4. The van der Waals surface area contributed by atoms with E-state index in [1.54, 1.807) is 47.1 Å². The van der Waals surface area contributed by atoms with Crippen molar-refractivity contribution in [2.75, 3.05) is 10.6 Å². The zero-order valence-corrected chi connectivity index (χ0v) is 20.4. The molecule has 2 heterocycles. The minimum absolute atomic E-state index is 0.371. The second-order valence-electron chi connectivity index (χ2n) is 7.99. The Morgan fingerprint density at radius 3 is 2.24 bits per heavy atom. The molecule has 0 aliphatic heterocycles. The molecule has 0 unspecified atom stereocenters. The monoisotopic (exact) mass is 476 g/mol. The van der Waals surface area contributed by atoms with Crippen molar-refractivity contribution in [1.82, 2.24) is 19.7 Å². The van der Waals surface area contributed by atoms with Crippen LogP contribution in [0.2, 0.25) is 5.02 Å². The van der Waals surface area contributed by atoms with Gasteiger partial charge in [0.15, 0.2) is 5.82 Å². The maximum absolute atomic E-state index is 12.3. The third-order valence-electron chi connectivity index (χ3n) is 5.44. The van der Waals surface area contributed by atoms with Crippen LogP contribution in [0.4, 0.5) is 16.2 Å². The molecule has 9 heteroatoms. The molecule has 4 aromatic rings. The number of hydrogen-bond acceptors (Lipinski definition) is 5. The molecule has 8 nitrogen and oxygen atoms in total. The van der Waals surface area contributed by atoms with Gasteiger partial charge >= 0.3 is 6.03 Å². The molecule has 4 rings (SSSR count). The van der Waals surface area contributed by atoms with Gasteiger partial charge in [-0.05, 0) is 82.1 Å². The second kappa shape index (κ2) is 9.52. The van der Waals surface area contributed by atoms with E-state index in [0.29, 0.717) is 39.7 Å². The van der Waals surface area contributed by atoms with E-state index < -0.39 is 0 Å². The van der Waals surface area contributed by atoms with E-state index in [1.165, 1.54) is 0 Å². The fraction of sp³-hybridized carbons (Fsp3) is 0.200. The van der Waals surface area contributed by atoms with Crippen LogP contribution >= 0.6 is 11.6 Å². The number of aromatic nitrogens is 4. The summed E-state index contributed by atoms with van der Waals surface area (Å²) in [4.78, 5) is 21.2. The molecule has 0 saturated carbocycles. The summed E-state index contributed by atoms with van der Waals surface area (Å²) >= 11 is 6.11. The summed E-state index contributed by atoms with van der Waals surface area (Å²) < 4.78 is 7.73. The first-order valence-corrected chi connectivity index (χ1v) is 11.1. The minimum Gasteiger partial charge on any atom is -0.439 e. The van der Waals surface area contributed by atoms with Gasteiger partial charge in [-0.25, -0.2) is 14.5 Å². The lowest BCUT2D eigenvalue weighted by Crippen LogP contribution is -2.19. The largest absolute Gasteiger partial charge is 0.439 e. The van der Waals surface area contributed by atoms with Crippen LogP contribution in [-0.4, -0.2) is 25.8 Å².